The van der Waals surface area contributed by atoms with E-state index in [-0.39, 0.29) is 5.91 Å². The first-order valence-electron chi connectivity index (χ1n) is 11.7. The van der Waals surface area contributed by atoms with Crippen LogP contribution in [0.15, 0.2) is 71.9 Å². The van der Waals surface area contributed by atoms with E-state index in [2.05, 4.69) is 17.2 Å². The molecule has 0 saturated carbocycles. The molecule has 0 spiro atoms. The van der Waals surface area contributed by atoms with E-state index in [1.807, 2.05) is 79.0 Å². The van der Waals surface area contributed by atoms with Crippen LogP contribution in [0.2, 0.25) is 0 Å². The maximum absolute atomic E-state index is 12.8. The van der Waals surface area contributed by atoms with Gasteiger partial charge < -0.3 is 14.5 Å². The number of hydrogen-bond acceptors (Lipinski definition) is 5. The van der Waals surface area contributed by atoms with E-state index in [9.17, 15) is 4.79 Å². The fourth-order valence-corrected chi connectivity index (χ4v) is 4.75. The topological polar surface area (TPSA) is 68.5 Å². The fourth-order valence-electron chi connectivity index (χ4n) is 3.94. The summed E-state index contributed by atoms with van der Waals surface area (Å²) in [6.45, 7) is 7.59. The molecule has 0 aliphatic carbocycles. The Morgan fingerprint density at radius 2 is 1.97 bits per heavy atom. The van der Waals surface area contributed by atoms with Gasteiger partial charge in [-0.2, -0.15) is 0 Å². The Morgan fingerprint density at radius 3 is 2.68 bits per heavy atom. The molecule has 3 aromatic heterocycles. The molecule has 6 nitrogen and oxygen atoms in total. The van der Waals surface area contributed by atoms with Crippen molar-refractivity contribution in [1.29, 1.82) is 0 Å². The van der Waals surface area contributed by atoms with Crippen molar-refractivity contribution in [2.75, 3.05) is 18.5 Å². The third-order valence-electron chi connectivity index (χ3n) is 5.70. The van der Waals surface area contributed by atoms with Crippen molar-refractivity contribution < 1.29 is 9.53 Å². The van der Waals surface area contributed by atoms with E-state index in [0.717, 1.165) is 58.7 Å². The number of nitrogens with zero attached hydrogens (tertiary/aromatic N) is 3. The third-order valence-corrected chi connectivity index (χ3v) is 6.74. The van der Waals surface area contributed by atoms with E-state index in [0.29, 0.717) is 11.5 Å². The second-order valence-corrected chi connectivity index (χ2v) is 8.93. The molecule has 1 aliphatic rings. The molecule has 1 N–H and O–H groups in total. The van der Waals surface area contributed by atoms with Gasteiger partial charge in [0.25, 0.3) is 5.91 Å². The zero-order valence-corrected chi connectivity index (χ0v) is 20.6. The highest BCUT2D eigenvalue weighted by Gasteiger charge is 2.23. The maximum atomic E-state index is 12.8. The average Bonchev–Trinajstić information content (AvgIpc) is 3.53. The highest BCUT2D eigenvalue weighted by atomic mass is 32.2. The monoisotopic (exact) mass is 474 g/mol. The van der Waals surface area contributed by atoms with Gasteiger partial charge in [-0.25, -0.2) is 4.98 Å². The number of aryl methyl sites for hydroxylation is 1. The fraction of sp³-hybridized carbons (Fsp3) is 0.296. The molecule has 4 heterocycles. The molecule has 0 radical (unpaired) electrons. The molecular weight excluding hydrogens is 444 g/mol. The molecule has 1 fully saturated rings. The molecule has 1 atom stereocenters. The van der Waals surface area contributed by atoms with Crippen LogP contribution in [0.4, 0.5) is 5.69 Å². The number of rotatable bonds is 6. The second kappa shape index (κ2) is 11.3. The number of imidazole rings is 1. The van der Waals surface area contributed by atoms with Crippen molar-refractivity contribution in [2.24, 2.45) is 0 Å². The van der Waals surface area contributed by atoms with Crippen molar-refractivity contribution in [3.8, 4) is 0 Å². The first kappa shape index (κ1) is 24.0. The largest absolute Gasteiger partial charge is 0.381 e. The summed E-state index contributed by atoms with van der Waals surface area (Å²) in [7, 11) is 0. The molecule has 0 bridgehead atoms. The molecule has 5 rings (SSSR count). The number of anilines is 1. The number of hydrogen-bond donors (Lipinski definition) is 1. The van der Waals surface area contributed by atoms with Crippen LogP contribution < -0.4 is 5.32 Å². The van der Waals surface area contributed by atoms with Gasteiger partial charge in [-0.05, 0) is 61.9 Å². The number of amides is 1. The number of pyridine rings is 2. The molecule has 1 saturated heterocycles. The van der Waals surface area contributed by atoms with Gasteiger partial charge in [-0.15, -0.1) is 11.8 Å². The number of ether oxygens (including phenoxy) is 1. The molecule has 1 unspecified atom stereocenters. The smallest absolute Gasteiger partial charge is 0.255 e. The van der Waals surface area contributed by atoms with E-state index < -0.39 is 0 Å². The molecule has 34 heavy (non-hydrogen) atoms. The Balaban J connectivity index is 0.00000133. The first-order chi connectivity index (χ1) is 16.7. The summed E-state index contributed by atoms with van der Waals surface area (Å²) in [5.74, 6) is 1.01. The molecule has 176 valence electrons. The molecule has 1 aliphatic heterocycles. The van der Waals surface area contributed by atoms with Crippen LogP contribution in [0.5, 0.6) is 0 Å². The minimum atomic E-state index is -0.132. The van der Waals surface area contributed by atoms with Crippen molar-refractivity contribution in [3.05, 3.63) is 89.6 Å². The molecule has 1 amide bonds. The van der Waals surface area contributed by atoms with Gasteiger partial charge in [0.05, 0.1) is 23.7 Å². The van der Waals surface area contributed by atoms with Gasteiger partial charge in [0.1, 0.15) is 5.65 Å². The van der Waals surface area contributed by atoms with E-state index in [1.165, 1.54) is 0 Å². The summed E-state index contributed by atoms with van der Waals surface area (Å²) >= 11 is 1.70. The van der Waals surface area contributed by atoms with Crippen molar-refractivity contribution in [2.45, 2.75) is 43.8 Å². The zero-order chi connectivity index (χ0) is 23.9. The molecule has 4 aromatic rings. The summed E-state index contributed by atoms with van der Waals surface area (Å²) in [6, 6.07) is 17.4. The van der Waals surface area contributed by atoms with Gasteiger partial charge >= 0.3 is 0 Å². The quantitative estimate of drug-likeness (QED) is 0.341. The number of nitrogens with one attached hydrogen (secondary N) is 1. The van der Waals surface area contributed by atoms with Crippen LogP contribution in [0, 0.1) is 6.92 Å². The number of fused-ring (bicyclic) bond motifs is 1. The summed E-state index contributed by atoms with van der Waals surface area (Å²) in [5.41, 5.74) is 5.47. The summed E-state index contributed by atoms with van der Waals surface area (Å²) in [5, 5.41) is 3.00. The van der Waals surface area contributed by atoms with Crippen LogP contribution in [0.1, 0.15) is 53.6 Å². The zero-order valence-electron chi connectivity index (χ0n) is 19.8. The predicted octanol–water partition coefficient (Wildman–Crippen LogP) is 6.11. The number of aromatic nitrogens is 3. The van der Waals surface area contributed by atoms with Gasteiger partial charge in [0.15, 0.2) is 0 Å². The summed E-state index contributed by atoms with van der Waals surface area (Å²) in [4.78, 5) is 23.0. The lowest BCUT2D eigenvalue weighted by atomic mass is 10.0. The van der Waals surface area contributed by atoms with E-state index in [1.54, 1.807) is 18.0 Å². The number of benzene rings is 1. The lowest BCUT2D eigenvalue weighted by Gasteiger charge is -2.08. The minimum absolute atomic E-state index is 0.132. The van der Waals surface area contributed by atoms with Crippen LogP contribution in [-0.2, 0) is 10.5 Å². The van der Waals surface area contributed by atoms with Crippen molar-refractivity contribution in [3.63, 3.8) is 0 Å². The van der Waals surface area contributed by atoms with Crippen LogP contribution in [0.3, 0.4) is 0 Å². The Morgan fingerprint density at radius 1 is 1.15 bits per heavy atom. The summed E-state index contributed by atoms with van der Waals surface area (Å²) < 4.78 is 7.57. The van der Waals surface area contributed by atoms with Gasteiger partial charge in [-0.1, -0.05) is 19.9 Å². The Hall–Kier alpha value is -3.16. The Bertz CT molecular complexity index is 1230. The third kappa shape index (κ3) is 5.48. The lowest BCUT2D eigenvalue weighted by molar-refractivity contribution is 0.102. The molecular formula is C27H30N4O2S. The number of thioether (sulfide) groups is 1. The van der Waals surface area contributed by atoms with Crippen LogP contribution in [0.25, 0.3) is 5.65 Å². The standard InChI is InChI=1S/C25H24N4O2S.C2H6/c1-17-24(19-11-13-31-15-19)28-23-10-7-20(14-29(17)23)27-25(30)18-5-8-22(9-6-18)32-16-21-4-2-3-12-26-21;1-2/h2-10,12,14,19H,11,13,15-16H2,1H3,(H,27,30);1-2H3. The van der Waals surface area contributed by atoms with Gasteiger partial charge in [-0.3, -0.25) is 9.78 Å². The second-order valence-electron chi connectivity index (χ2n) is 7.88. The summed E-state index contributed by atoms with van der Waals surface area (Å²) in [6.07, 6.45) is 4.74. The maximum Gasteiger partial charge on any atom is 0.255 e. The van der Waals surface area contributed by atoms with E-state index >= 15 is 0 Å². The van der Waals surface area contributed by atoms with Crippen LogP contribution >= 0.6 is 11.8 Å². The Labute approximate surface area is 204 Å². The van der Waals surface area contributed by atoms with Crippen molar-refractivity contribution in [1.82, 2.24) is 14.4 Å². The minimum Gasteiger partial charge on any atom is -0.381 e. The SMILES string of the molecule is CC.Cc1c(C2CCOC2)nc2ccc(NC(=O)c3ccc(SCc4ccccn4)cc3)cn12. The Kier molecular flexibility index (Phi) is 7.98. The lowest BCUT2D eigenvalue weighted by Crippen LogP contribution is -2.12. The predicted molar refractivity (Wildman–Crippen MR) is 138 cm³/mol. The highest BCUT2D eigenvalue weighted by Crippen LogP contribution is 2.28. The normalized spacial score (nSPS) is 15.1. The average molecular weight is 475 g/mol. The van der Waals surface area contributed by atoms with E-state index in [4.69, 9.17) is 9.72 Å². The number of carbonyl (C=O) groups excluding carboxylic acids is 1. The molecule has 1 aromatic carbocycles. The van der Waals surface area contributed by atoms with Crippen molar-refractivity contribution >= 4 is 29.0 Å². The van der Waals surface area contributed by atoms with Gasteiger partial charge in [0.2, 0.25) is 0 Å². The highest BCUT2D eigenvalue weighted by molar-refractivity contribution is 7.98. The number of carbonyl (C=O) groups is 1. The van der Waals surface area contributed by atoms with Gasteiger partial charge in [0, 0.05) is 46.8 Å². The first-order valence-corrected chi connectivity index (χ1v) is 12.7. The molecule has 7 heteroatoms. The van der Waals surface area contributed by atoms with Crippen LogP contribution in [-0.4, -0.2) is 33.5 Å².